The normalized spacial score (nSPS) is 29.3. The number of furan rings is 1. The fourth-order valence-corrected chi connectivity index (χ4v) is 3.75. The Balaban J connectivity index is 1.50. The minimum atomic E-state index is -0.135. The van der Waals surface area contributed by atoms with Crippen LogP contribution in [0.3, 0.4) is 0 Å². The fraction of sp³-hybridized carbons (Fsp3) is 0.706. The molecule has 1 aromatic rings. The third-order valence-corrected chi connectivity index (χ3v) is 5.03. The monoisotopic (exact) mass is 287 g/mol. The summed E-state index contributed by atoms with van der Waals surface area (Å²) >= 11 is 0. The standard InChI is InChI=1S/C17H25N3O/c1-17(13-18)7-3-8-20(14-17)15-5-9-19(10-6-15)12-16-4-2-11-21-16/h2,4,11,15H,3,5-10,12,14H2,1H3/t17-/m1/s1. The third-order valence-electron chi connectivity index (χ3n) is 5.03. The van der Waals surface area contributed by atoms with Crippen molar-refractivity contribution in [3.8, 4) is 6.07 Å². The molecular weight excluding hydrogens is 262 g/mol. The number of rotatable bonds is 3. The van der Waals surface area contributed by atoms with Crippen LogP contribution in [0, 0.1) is 16.7 Å². The highest BCUT2D eigenvalue weighted by Crippen LogP contribution is 2.31. The van der Waals surface area contributed by atoms with Gasteiger partial charge >= 0.3 is 0 Å². The molecule has 3 heterocycles. The molecule has 4 nitrogen and oxygen atoms in total. The topological polar surface area (TPSA) is 43.4 Å². The van der Waals surface area contributed by atoms with Crippen molar-refractivity contribution in [1.82, 2.24) is 9.80 Å². The third kappa shape index (κ3) is 3.48. The van der Waals surface area contributed by atoms with Gasteiger partial charge in [0, 0.05) is 25.7 Å². The highest BCUT2D eigenvalue weighted by Gasteiger charge is 2.35. The quantitative estimate of drug-likeness (QED) is 0.857. The first-order valence-corrected chi connectivity index (χ1v) is 8.09. The minimum Gasteiger partial charge on any atom is -0.468 e. The highest BCUT2D eigenvalue weighted by atomic mass is 16.3. The molecule has 0 aromatic carbocycles. The van der Waals surface area contributed by atoms with E-state index in [0.29, 0.717) is 6.04 Å². The van der Waals surface area contributed by atoms with Gasteiger partial charge in [0.05, 0.1) is 24.3 Å². The zero-order valence-electron chi connectivity index (χ0n) is 12.9. The van der Waals surface area contributed by atoms with Crippen LogP contribution < -0.4 is 0 Å². The number of nitrogens with zero attached hydrogens (tertiary/aromatic N) is 3. The zero-order chi connectivity index (χ0) is 14.7. The van der Waals surface area contributed by atoms with Crippen LogP contribution in [0.1, 0.15) is 38.4 Å². The van der Waals surface area contributed by atoms with Crippen LogP contribution >= 0.6 is 0 Å². The van der Waals surface area contributed by atoms with Crippen LogP contribution in [0.15, 0.2) is 22.8 Å². The summed E-state index contributed by atoms with van der Waals surface area (Å²) in [6, 6.07) is 7.19. The molecule has 1 atom stereocenters. The van der Waals surface area contributed by atoms with E-state index in [2.05, 4.69) is 28.9 Å². The van der Waals surface area contributed by atoms with Crippen molar-refractivity contribution in [3.05, 3.63) is 24.2 Å². The van der Waals surface area contributed by atoms with E-state index in [1.54, 1.807) is 6.26 Å². The average Bonchev–Trinajstić information content (AvgIpc) is 3.01. The summed E-state index contributed by atoms with van der Waals surface area (Å²) < 4.78 is 5.43. The maximum Gasteiger partial charge on any atom is 0.117 e. The van der Waals surface area contributed by atoms with Gasteiger partial charge in [-0.25, -0.2) is 0 Å². The first-order chi connectivity index (χ1) is 10.2. The van der Waals surface area contributed by atoms with Crippen LogP contribution in [0.4, 0.5) is 0 Å². The fourth-order valence-electron chi connectivity index (χ4n) is 3.75. The van der Waals surface area contributed by atoms with Crippen molar-refractivity contribution in [1.29, 1.82) is 5.26 Å². The summed E-state index contributed by atoms with van der Waals surface area (Å²) in [5.41, 5.74) is -0.135. The predicted molar refractivity (Wildman–Crippen MR) is 81.5 cm³/mol. The van der Waals surface area contributed by atoms with Crippen LogP contribution in [-0.2, 0) is 6.54 Å². The maximum absolute atomic E-state index is 9.36. The first-order valence-electron chi connectivity index (χ1n) is 8.09. The molecule has 0 spiro atoms. The van der Waals surface area contributed by atoms with Crippen molar-refractivity contribution >= 4 is 0 Å². The summed E-state index contributed by atoms with van der Waals surface area (Å²) in [5.74, 6) is 1.06. The molecule has 0 unspecified atom stereocenters. The number of hydrogen-bond acceptors (Lipinski definition) is 4. The van der Waals surface area contributed by atoms with E-state index in [1.807, 2.05) is 6.07 Å². The van der Waals surface area contributed by atoms with E-state index in [0.717, 1.165) is 44.8 Å². The smallest absolute Gasteiger partial charge is 0.117 e. The maximum atomic E-state index is 9.36. The second kappa shape index (κ2) is 6.21. The lowest BCUT2D eigenvalue weighted by atomic mass is 9.82. The molecule has 0 aliphatic carbocycles. The lowest BCUT2D eigenvalue weighted by Gasteiger charge is -2.43. The van der Waals surface area contributed by atoms with Gasteiger partial charge in [-0.05, 0) is 51.3 Å². The second-order valence-corrected chi connectivity index (χ2v) is 6.83. The summed E-state index contributed by atoms with van der Waals surface area (Å²) in [5, 5.41) is 9.36. The van der Waals surface area contributed by atoms with Gasteiger partial charge in [-0.1, -0.05) is 0 Å². The predicted octanol–water partition coefficient (Wildman–Crippen LogP) is 2.87. The van der Waals surface area contributed by atoms with Crippen molar-refractivity contribution in [2.45, 2.75) is 45.2 Å². The molecule has 0 saturated carbocycles. The summed E-state index contributed by atoms with van der Waals surface area (Å²) in [4.78, 5) is 5.04. The molecule has 1 aromatic heterocycles. The van der Waals surface area contributed by atoms with E-state index in [1.165, 1.54) is 19.4 Å². The molecule has 114 valence electrons. The van der Waals surface area contributed by atoms with Crippen molar-refractivity contribution in [3.63, 3.8) is 0 Å². The SMILES string of the molecule is C[C@]1(C#N)CCCN(C2CCN(Cc3ccco3)CC2)C1. The minimum absolute atomic E-state index is 0.135. The number of likely N-dealkylation sites (tertiary alicyclic amines) is 2. The summed E-state index contributed by atoms with van der Waals surface area (Å²) in [6.45, 7) is 7.42. The Hall–Kier alpha value is -1.31. The lowest BCUT2D eigenvalue weighted by Crippen LogP contribution is -2.50. The van der Waals surface area contributed by atoms with E-state index >= 15 is 0 Å². The van der Waals surface area contributed by atoms with E-state index in [9.17, 15) is 5.26 Å². The van der Waals surface area contributed by atoms with Crippen LogP contribution in [0.25, 0.3) is 0 Å². The number of hydrogen-bond donors (Lipinski definition) is 0. The van der Waals surface area contributed by atoms with Crippen molar-refractivity contribution in [2.75, 3.05) is 26.2 Å². The van der Waals surface area contributed by atoms with E-state index < -0.39 is 0 Å². The van der Waals surface area contributed by atoms with Crippen LogP contribution in [0.2, 0.25) is 0 Å². The molecular formula is C17H25N3O. The Morgan fingerprint density at radius 1 is 1.38 bits per heavy atom. The van der Waals surface area contributed by atoms with E-state index in [4.69, 9.17) is 4.42 Å². The van der Waals surface area contributed by atoms with Crippen molar-refractivity contribution in [2.24, 2.45) is 5.41 Å². The van der Waals surface area contributed by atoms with Gasteiger partial charge in [-0.15, -0.1) is 0 Å². The van der Waals surface area contributed by atoms with Gasteiger partial charge in [0.1, 0.15) is 5.76 Å². The Bertz CT molecular complexity index is 485. The molecule has 0 radical (unpaired) electrons. The van der Waals surface area contributed by atoms with Gasteiger partial charge in [-0.2, -0.15) is 5.26 Å². The molecule has 21 heavy (non-hydrogen) atoms. The van der Waals surface area contributed by atoms with Crippen LogP contribution in [-0.4, -0.2) is 42.0 Å². The van der Waals surface area contributed by atoms with Gasteiger partial charge in [0.25, 0.3) is 0 Å². The molecule has 2 fully saturated rings. The first kappa shape index (κ1) is 14.6. The summed E-state index contributed by atoms with van der Waals surface area (Å²) in [7, 11) is 0. The average molecular weight is 287 g/mol. The van der Waals surface area contributed by atoms with Crippen molar-refractivity contribution < 1.29 is 4.42 Å². The van der Waals surface area contributed by atoms with Gasteiger partial charge in [0.2, 0.25) is 0 Å². The van der Waals surface area contributed by atoms with E-state index in [-0.39, 0.29) is 5.41 Å². The molecule has 2 aliphatic heterocycles. The molecule has 0 bridgehead atoms. The highest BCUT2D eigenvalue weighted by molar-refractivity contribution is 5.02. The van der Waals surface area contributed by atoms with Gasteiger partial charge in [-0.3, -0.25) is 9.80 Å². The Labute approximate surface area is 127 Å². The number of nitriles is 1. The van der Waals surface area contributed by atoms with Crippen LogP contribution in [0.5, 0.6) is 0 Å². The second-order valence-electron chi connectivity index (χ2n) is 6.83. The zero-order valence-corrected chi connectivity index (χ0v) is 12.9. The molecule has 0 amide bonds. The molecule has 0 N–H and O–H groups in total. The Morgan fingerprint density at radius 2 is 2.19 bits per heavy atom. The Morgan fingerprint density at radius 3 is 2.86 bits per heavy atom. The summed E-state index contributed by atoms with van der Waals surface area (Å²) in [6.07, 6.45) is 6.39. The molecule has 2 aliphatic rings. The molecule has 4 heteroatoms. The van der Waals surface area contributed by atoms with Gasteiger partial charge in [0.15, 0.2) is 0 Å². The number of piperidine rings is 2. The molecule has 2 saturated heterocycles. The Kier molecular flexibility index (Phi) is 4.32. The van der Waals surface area contributed by atoms with Gasteiger partial charge < -0.3 is 4.42 Å². The molecule has 3 rings (SSSR count). The largest absolute Gasteiger partial charge is 0.468 e. The lowest BCUT2D eigenvalue weighted by molar-refractivity contribution is 0.0534.